The van der Waals surface area contributed by atoms with Gasteiger partial charge in [0, 0.05) is 12.0 Å². The van der Waals surface area contributed by atoms with E-state index in [1.165, 1.54) is 0 Å². The summed E-state index contributed by atoms with van der Waals surface area (Å²) in [4.78, 5) is 4.27. The van der Waals surface area contributed by atoms with E-state index in [1.54, 1.807) is 6.08 Å². The minimum absolute atomic E-state index is 0.249. The largest absolute Gasteiger partial charge is 0.384 e. The van der Waals surface area contributed by atoms with E-state index in [1.807, 2.05) is 42.5 Å². The second-order valence-electron chi connectivity index (χ2n) is 4.84. The van der Waals surface area contributed by atoms with E-state index in [2.05, 4.69) is 18.5 Å². The van der Waals surface area contributed by atoms with Crippen LogP contribution in [0.25, 0.3) is 0 Å². The summed E-state index contributed by atoms with van der Waals surface area (Å²) in [5.41, 5.74) is 7.20. The van der Waals surface area contributed by atoms with E-state index in [0.717, 1.165) is 23.2 Å². The minimum Gasteiger partial charge on any atom is -0.384 e. The molecule has 1 aliphatic rings. The van der Waals surface area contributed by atoms with E-state index in [9.17, 15) is 5.11 Å². The number of hydrogen-bond donors (Lipinski definition) is 2. The molecule has 0 bridgehead atoms. The highest BCUT2D eigenvalue weighted by molar-refractivity contribution is 5.97. The van der Waals surface area contributed by atoms with Crippen LogP contribution in [-0.2, 0) is 5.60 Å². The Morgan fingerprint density at radius 2 is 2.20 bits per heavy atom. The second kappa shape index (κ2) is 5.88. The first kappa shape index (κ1) is 14.3. The van der Waals surface area contributed by atoms with Crippen molar-refractivity contribution in [2.75, 3.05) is 0 Å². The monoisotopic (exact) mass is 268 g/mol. The van der Waals surface area contributed by atoms with Gasteiger partial charge in [-0.2, -0.15) is 0 Å². The van der Waals surface area contributed by atoms with Crippen molar-refractivity contribution in [1.82, 2.24) is 0 Å². The molecule has 3 N–H and O–H groups in total. The number of para-hydroxylation sites is 1. The molecule has 0 saturated carbocycles. The maximum Gasteiger partial charge on any atom is 0.152 e. The molecule has 0 amide bonds. The lowest BCUT2D eigenvalue weighted by Crippen LogP contribution is -2.38. The van der Waals surface area contributed by atoms with Crippen molar-refractivity contribution in [1.29, 1.82) is 0 Å². The van der Waals surface area contributed by atoms with Gasteiger partial charge in [0.2, 0.25) is 0 Å². The van der Waals surface area contributed by atoms with Crippen LogP contribution in [0.2, 0.25) is 0 Å². The van der Waals surface area contributed by atoms with Crippen molar-refractivity contribution < 1.29 is 5.11 Å². The zero-order chi connectivity index (χ0) is 14.6. The highest BCUT2D eigenvalue weighted by Crippen LogP contribution is 2.40. The number of amidine groups is 1. The minimum atomic E-state index is -1.23. The molecule has 0 spiro atoms. The highest BCUT2D eigenvalue weighted by Gasteiger charge is 2.40. The standard InChI is InChI=1S/C17H20N2O/c1-3-5-9-13(8-4-2)12-17(20)14-10-6-7-11-15(14)19-16(17)18/h4-11,20H,2-3,12H2,1H3,(H2,18,19)/b9-5-,13-8+. The lowest BCUT2D eigenvalue weighted by molar-refractivity contribution is 0.115. The van der Waals surface area contributed by atoms with Gasteiger partial charge in [-0.25, -0.2) is 4.99 Å². The molecule has 1 aliphatic heterocycles. The number of allylic oxidation sites excluding steroid dienone is 4. The third-order valence-corrected chi connectivity index (χ3v) is 3.37. The lowest BCUT2D eigenvalue weighted by Gasteiger charge is -2.24. The van der Waals surface area contributed by atoms with Gasteiger partial charge >= 0.3 is 0 Å². The molecule has 104 valence electrons. The van der Waals surface area contributed by atoms with Crippen LogP contribution in [0.4, 0.5) is 5.69 Å². The number of nitrogens with zero attached hydrogens (tertiary/aromatic N) is 1. The lowest BCUT2D eigenvalue weighted by atomic mass is 9.87. The summed E-state index contributed by atoms with van der Waals surface area (Å²) in [7, 11) is 0. The van der Waals surface area contributed by atoms with Gasteiger partial charge in [-0.15, -0.1) is 0 Å². The summed E-state index contributed by atoms with van der Waals surface area (Å²) in [6.07, 6.45) is 8.97. The third kappa shape index (κ3) is 2.58. The molecule has 2 rings (SSSR count). The van der Waals surface area contributed by atoms with Crippen molar-refractivity contribution in [2.45, 2.75) is 25.4 Å². The zero-order valence-corrected chi connectivity index (χ0v) is 11.7. The summed E-state index contributed by atoms with van der Waals surface area (Å²) < 4.78 is 0. The second-order valence-corrected chi connectivity index (χ2v) is 4.84. The van der Waals surface area contributed by atoms with Crippen molar-refractivity contribution in [3.63, 3.8) is 0 Å². The summed E-state index contributed by atoms with van der Waals surface area (Å²) in [6.45, 7) is 5.78. The molecule has 1 unspecified atom stereocenters. The maximum atomic E-state index is 10.9. The molecule has 0 aromatic heterocycles. The first-order valence-electron chi connectivity index (χ1n) is 6.76. The molecule has 0 aliphatic carbocycles. The fourth-order valence-electron chi connectivity index (χ4n) is 2.36. The molecular formula is C17H20N2O. The molecule has 3 nitrogen and oxygen atoms in total. The molecule has 1 atom stereocenters. The molecule has 3 heteroatoms. The molecule has 1 aromatic carbocycles. The van der Waals surface area contributed by atoms with Gasteiger partial charge in [-0.3, -0.25) is 0 Å². The Morgan fingerprint density at radius 3 is 2.90 bits per heavy atom. The average Bonchev–Trinajstić information content (AvgIpc) is 2.69. The van der Waals surface area contributed by atoms with Gasteiger partial charge < -0.3 is 10.8 Å². The van der Waals surface area contributed by atoms with Crippen LogP contribution in [0.5, 0.6) is 0 Å². The summed E-state index contributed by atoms with van der Waals surface area (Å²) >= 11 is 0. The molecule has 1 aromatic rings. The number of aliphatic hydroxyl groups is 1. The van der Waals surface area contributed by atoms with Crippen LogP contribution >= 0.6 is 0 Å². The Bertz CT molecular complexity index is 599. The van der Waals surface area contributed by atoms with Crippen LogP contribution in [0.1, 0.15) is 25.3 Å². The van der Waals surface area contributed by atoms with E-state index >= 15 is 0 Å². The van der Waals surface area contributed by atoms with E-state index < -0.39 is 5.60 Å². The number of aliphatic imine (C=N–C) groups is 1. The Kier molecular flexibility index (Phi) is 4.20. The van der Waals surface area contributed by atoms with Gasteiger partial charge in [0.25, 0.3) is 0 Å². The molecule has 1 heterocycles. The van der Waals surface area contributed by atoms with Crippen LogP contribution in [0.3, 0.4) is 0 Å². The molecule has 0 fully saturated rings. The van der Waals surface area contributed by atoms with Gasteiger partial charge in [0.05, 0.1) is 5.69 Å². The normalized spacial score (nSPS) is 21.9. The molecule has 20 heavy (non-hydrogen) atoms. The SMILES string of the molecule is C=C/C=C(\C=C/CC)CC1(O)C(N)=Nc2ccccc21. The zero-order valence-electron chi connectivity index (χ0n) is 11.7. The number of rotatable bonds is 5. The van der Waals surface area contributed by atoms with Crippen LogP contribution < -0.4 is 5.73 Å². The Labute approximate surface area is 119 Å². The van der Waals surface area contributed by atoms with Crippen LogP contribution in [0, 0.1) is 0 Å². The molecule has 0 radical (unpaired) electrons. The predicted octanol–water partition coefficient (Wildman–Crippen LogP) is 3.35. The van der Waals surface area contributed by atoms with Gasteiger partial charge in [0.15, 0.2) is 5.60 Å². The molecule has 0 saturated heterocycles. The van der Waals surface area contributed by atoms with Gasteiger partial charge in [-0.1, -0.05) is 56.0 Å². The van der Waals surface area contributed by atoms with Crippen molar-refractivity contribution in [2.24, 2.45) is 10.7 Å². The third-order valence-electron chi connectivity index (χ3n) is 3.37. The fourth-order valence-corrected chi connectivity index (χ4v) is 2.36. The Balaban J connectivity index is 2.36. The summed E-state index contributed by atoms with van der Waals surface area (Å²) in [6, 6.07) is 7.50. The summed E-state index contributed by atoms with van der Waals surface area (Å²) in [5, 5.41) is 10.9. The topological polar surface area (TPSA) is 58.6 Å². The number of nitrogens with two attached hydrogens (primary N) is 1. The van der Waals surface area contributed by atoms with Crippen LogP contribution in [0.15, 0.2) is 65.7 Å². The smallest absolute Gasteiger partial charge is 0.152 e. The first-order chi connectivity index (χ1) is 9.61. The number of benzene rings is 1. The summed E-state index contributed by atoms with van der Waals surface area (Å²) in [5.74, 6) is 0.249. The predicted molar refractivity (Wildman–Crippen MR) is 83.9 cm³/mol. The average molecular weight is 268 g/mol. The Morgan fingerprint density at radius 1 is 1.45 bits per heavy atom. The Hall–Kier alpha value is -2.13. The quantitative estimate of drug-likeness (QED) is 0.805. The van der Waals surface area contributed by atoms with Crippen LogP contribution in [-0.4, -0.2) is 10.9 Å². The van der Waals surface area contributed by atoms with Crippen molar-refractivity contribution in [3.8, 4) is 0 Å². The van der Waals surface area contributed by atoms with Gasteiger partial charge in [0.1, 0.15) is 5.84 Å². The first-order valence-corrected chi connectivity index (χ1v) is 6.76. The number of fused-ring (bicyclic) bond motifs is 1. The highest BCUT2D eigenvalue weighted by atomic mass is 16.3. The van der Waals surface area contributed by atoms with E-state index in [-0.39, 0.29) is 5.84 Å². The van der Waals surface area contributed by atoms with E-state index in [0.29, 0.717) is 6.42 Å². The number of hydrogen-bond acceptors (Lipinski definition) is 3. The van der Waals surface area contributed by atoms with Crippen molar-refractivity contribution in [3.05, 3.63) is 66.3 Å². The van der Waals surface area contributed by atoms with Crippen molar-refractivity contribution >= 4 is 11.5 Å². The van der Waals surface area contributed by atoms with Gasteiger partial charge in [-0.05, 0) is 18.1 Å². The maximum absolute atomic E-state index is 10.9. The fraction of sp³-hybridized carbons (Fsp3) is 0.235. The molecular weight excluding hydrogens is 248 g/mol. The van der Waals surface area contributed by atoms with E-state index in [4.69, 9.17) is 5.73 Å².